The van der Waals surface area contributed by atoms with Gasteiger partial charge < -0.3 is 0 Å². The van der Waals surface area contributed by atoms with Crippen molar-refractivity contribution < 1.29 is 13.2 Å². The van der Waals surface area contributed by atoms with E-state index in [1.54, 1.807) is 23.4 Å². The summed E-state index contributed by atoms with van der Waals surface area (Å²) in [4.78, 5) is 24.7. The zero-order chi connectivity index (χ0) is 25.3. The van der Waals surface area contributed by atoms with Crippen molar-refractivity contribution in [2.75, 3.05) is 11.4 Å². The lowest BCUT2D eigenvalue weighted by Gasteiger charge is -2.35. The number of rotatable bonds is 7. The number of hydrogen-bond donors (Lipinski definition) is 0. The molecule has 0 saturated carbocycles. The number of hydrogen-bond acceptors (Lipinski definition) is 7. The second-order valence-corrected chi connectivity index (χ2v) is 13.5. The van der Waals surface area contributed by atoms with Gasteiger partial charge in [0.05, 0.1) is 21.1 Å². The SMILES string of the molecule is CCc1ccc2nc(N(Cc3cccnc3)C(=O)C3CCCCN3S(=O)(=O)c3ccc(Cl)s3)sc2c1. The average molecular weight is 561 g/mol. The number of piperidine rings is 1. The van der Waals surface area contributed by atoms with Crippen LogP contribution in [0.15, 0.2) is 59.1 Å². The quantitative estimate of drug-likeness (QED) is 0.287. The first-order chi connectivity index (χ1) is 17.4. The highest BCUT2D eigenvalue weighted by Gasteiger charge is 2.41. The third kappa shape index (κ3) is 5.05. The summed E-state index contributed by atoms with van der Waals surface area (Å²) in [5.41, 5.74) is 2.86. The van der Waals surface area contributed by atoms with Crippen LogP contribution < -0.4 is 4.90 Å². The van der Waals surface area contributed by atoms with Crippen molar-refractivity contribution in [3.8, 4) is 0 Å². The average Bonchev–Trinajstić information content (AvgIpc) is 3.53. The van der Waals surface area contributed by atoms with E-state index in [0.717, 1.165) is 40.0 Å². The molecule has 1 amide bonds. The number of aromatic nitrogens is 2. The lowest BCUT2D eigenvalue weighted by Crippen LogP contribution is -2.52. The Kier molecular flexibility index (Phi) is 7.41. The van der Waals surface area contributed by atoms with E-state index in [1.807, 2.05) is 24.3 Å². The van der Waals surface area contributed by atoms with Crippen LogP contribution in [-0.4, -0.2) is 41.2 Å². The fraction of sp³-hybridized carbons (Fsp3) is 0.320. The van der Waals surface area contributed by atoms with Crippen LogP contribution in [0.25, 0.3) is 10.2 Å². The molecule has 0 bridgehead atoms. The highest BCUT2D eigenvalue weighted by Crippen LogP contribution is 2.35. The van der Waals surface area contributed by atoms with Crippen LogP contribution in [0, 0.1) is 0 Å². The Morgan fingerprint density at radius 3 is 2.75 bits per heavy atom. The number of amides is 1. The van der Waals surface area contributed by atoms with E-state index in [4.69, 9.17) is 16.6 Å². The molecule has 1 saturated heterocycles. The molecule has 0 radical (unpaired) electrons. The number of pyridine rings is 1. The molecule has 0 aliphatic carbocycles. The topological polar surface area (TPSA) is 83.5 Å². The highest BCUT2D eigenvalue weighted by atomic mass is 35.5. The molecule has 0 spiro atoms. The van der Waals surface area contributed by atoms with Gasteiger partial charge in [-0.05, 0) is 60.7 Å². The number of sulfonamides is 1. The summed E-state index contributed by atoms with van der Waals surface area (Å²) in [7, 11) is -3.87. The fourth-order valence-corrected chi connectivity index (χ4v) is 8.67. The summed E-state index contributed by atoms with van der Waals surface area (Å²) < 4.78 is 29.9. The molecule has 0 N–H and O–H groups in total. The van der Waals surface area contributed by atoms with Crippen molar-refractivity contribution in [2.24, 2.45) is 0 Å². The van der Waals surface area contributed by atoms with Crippen LogP contribution in [-0.2, 0) is 27.8 Å². The van der Waals surface area contributed by atoms with Crippen LogP contribution in [0.1, 0.15) is 37.3 Å². The molecule has 7 nitrogen and oxygen atoms in total. The van der Waals surface area contributed by atoms with E-state index in [9.17, 15) is 13.2 Å². The number of anilines is 1. The molecular weight excluding hydrogens is 536 g/mol. The first-order valence-electron chi connectivity index (χ1n) is 11.7. The minimum absolute atomic E-state index is 0.151. The minimum atomic E-state index is -3.87. The summed E-state index contributed by atoms with van der Waals surface area (Å²) in [6.07, 6.45) is 6.22. The molecule has 1 fully saturated rings. The summed E-state index contributed by atoms with van der Waals surface area (Å²) in [5, 5.41) is 0.550. The number of thiazole rings is 1. The Morgan fingerprint density at radius 1 is 1.17 bits per heavy atom. The Bertz CT molecular complexity index is 1490. The van der Waals surface area contributed by atoms with Crippen molar-refractivity contribution in [1.29, 1.82) is 0 Å². The molecule has 1 aliphatic heterocycles. The lowest BCUT2D eigenvalue weighted by atomic mass is 10.0. The molecule has 1 unspecified atom stereocenters. The number of halogens is 1. The molecule has 188 valence electrons. The van der Waals surface area contributed by atoms with E-state index < -0.39 is 16.1 Å². The molecular formula is C25H25ClN4O3S3. The first kappa shape index (κ1) is 25.3. The normalized spacial score (nSPS) is 16.9. The molecule has 1 aromatic carbocycles. The number of thiophene rings is 1. The Balaban J connectivity index is 1.54. The van der Waals surface area contributed by atoms with Crippen LogP contribution >= 0.6 is 34.3 Å². The van der Waals surface area contributed by atoms with Gasteiger partial charge >= 0.3 is 0 Å². The molecule has 4 heterocycles. The number of carbonyl (C=O) groups excluding carboxylic acids is 1. The van der Waals surface area contributed by atoms with Crippen LogP contribution in [0.2, 0.25) is 4.34 Å². The van der Waals surface area contributed by atoms with Crippen LogP contribution in [0.5, 0.6) is 0 Å². The second-order valence-electron chi connectivity index (χ2n) is 8.62. The van der Waals surface area contributed by atoms with E-state index in [0.29, 0.717) is 22.3 Å². The van der Waals surface area contributed by atoms with E-state index in [2.05, 4.69) is 18.0 Å². The highest BCUT2D eigenvalue weighted by molar-refractivity contribution is 7.91. The zero-order valence-corrected chi connectivity index (χ0v) is 22.8. The van der Waals surface area contributed by atoms with Crippen molar-refractivity contribution in [1.82, 2.24) is 14.3 Å². The monoisotopic (exact) mass is 560 g/mol. The van der Waals surface area contributed by atoms with Gasteiger partial charge in [-0.25, -0.2) is 13.4 Å². The number of aryl methyl sites for hydroxylation is 1. The number of benzene rings is 1. The van der Waals surface area contributed by atoms with E-state index >= 15 is 0 Å². The maximum Gasteiger partial charge on any atom is 0.253 e. The van der Waals surface area contributed by atoms with Gasteiger partial charge in [-0.2, -0.15) is 4.31 Å². The predicted octanol–water partition coefficient (Wildman–Crippen LogP) is 5.75. The molecule has 36 heavy (non-hydrogen) atoms. The third-order valence-corrected chi connectivity index (χ3v) is 10.9. The van der Waals surface area contributed by atoms with Gasteiger partial charge in [0.25, 0.3) is 10.0 Å². The van der Waals surface area contributed by atoms with E-state index in [-0.39, 0.29) is 23.2 Å². The molecule has 5 rings (SSSR count). The smallest absolute Gasteiger partial charge is 0.253 e. The van der Waals surface area contributed by atoms with Crippen molar-refractivity contribution in [2.45, 2.75) is 49.4 Å². The first-order valence-corrected chi connectivity index (χ1v) is 15.2. The van der Waals surface area contributed by atoms with Gasteiger partial charge in [0.1, 0.15) is 10.3 Å². The zero-order valence-electron chi connectivity index (χ0n) is 19.6. The summed E-state index contributed by atoms with van der Waals surface area (Å²) in [6.45, 7) is 2.64. The largest absolute Gasteiger partial charge is 0.282 e. The van der Waals surface area contributed by atoms with E-state index in [1.165, 1.54) is 27.3 Å². The van der Waals surface area contributed by atoms with Gasteiger partial charge in [0.15, 0.2) is 5.13 Å². The van der Waals surface area contributed by atoms with Gasteiger partial charge in [0, 0.05) is 18.9 Å². The minimum Gasteiger partial charge on any atom is -0.282 e. The Labute approximate surface area is 223 Å². The fourth-order valence-electron chi connectivity index (χ4n) is 4.38. The Hall–Kier alpha value is -2.37. The molecule has 4 aromatic rings. The standard InChI is InChI=1S/C25H25ClN4O3S3/c1-2-17-8-9-19-21(14-17)34-25(28-19)29(16-18-6-5-12-27-15-18)24(31)20-7-3-4-13-30(20)36(32,33)23-11-10-22(26)35-23/h5-6,8-12,14-15,20H,2-4,7,13,16H2,1H3. The van der Waals surface area contributed by atoms with Gasteiger partial charge in [0.2, 0.25) is 5.91 Å². The maximum absolute atomic E-state index is 14.1. The third-order valence-electron chi connectivity index (χ3n) is 6.26. The number of nitrogens with zero attached hydrogens (tertiary/aromatic N) is 4. The summed E-state index contributed by atoms with van der Waals surface area (Å²) >= 11 is 8.49. The van der Waals surface area contributed by atoms with Gasteiger partial charge in [-0.15, -0.1) is 11.3 Å². The molecule has 11 heteroatoms. The number of fused-ring (bicyclic) bond motifs is 1. The van der Waals surface area contributed by atoms with Crippen molar-refractivity contribution in [3.63, 3.8) is 0 Å². The summed E-state index contributed by atoms with van der Waals surface area (Å²) in [6, 6.07) is 12.1. The van der Waals surface area contributed by atoms with Gasteiger partial charge in [-0.3, -0.25) is 14.7 Å². The lowest BCUT2D eigenvalue weighted by molar-refractivity contribution is -0.123. The predicted molar refractivity (Wildman–Crippen MR) is 145 cm³/mol. The van der Waals surface area contributed by atoms with Gasteiger partial charge in [-0.1, -0.05) is 48.4 Å². The molecule has 3 aromatic heterocycles. The van der Waals surface area contributed by atoms with Crippen molar-refractivity contribution in [3.05, 3.63) is 70.3 Å². The van der Waals surface area contributed by atoms with Crippen LogP contribution in [0.4, 0.5) is 5.13 Å². The number of carbonyl (C=O) groups is 1. The molecule has 1 atom stereocenters. The summed E-state index contributed by atoms with van der Waals surface area (Å²) in [5.74, 6) is -0.278. The van der Waals surface area contributed by atoms with Crippen LogP contribution in [0.3, 0.4) is 0 Å². The molecule has 1 aliphatic rings. The Morgan fingerprint density at radius 2 is 2.03 bits per heavy atom. The van der Waals surface area contributed by atoms with Crippen molar-refractivity contribution >= 4 is 65.6 Å². The second kappa shape index (κ2) is 10.5. The maximum atomic E-state index is 14.1.